The second-order valence-corrected chi connectivity index (χ2v) is 7.29. The van der Waals surface area contributed by atoms with Crippen molar-refractivity contribution in [3.63, 3.8) is 0 Å². The highest BCUT2D eigenvalue weighted by molar-refractivity contribution is 7.16. The molecule has 3 rings (SSSR count). The van der Waals surface area contributed by atoms with E-state index in [0.29, 0.717) is 35.0 Å². The Balaban J connectivity index is 1.54. The van der Waals surface area contributed by atoms with Gasteiger partial charge in [-0.3, -0.25) is 14.4 Å². The monoisotopic (exact) mass is 371 g/mol. The average Bonchev–Trinajstić information content (AvgIpc) is 3.28. The number of rotatable bonds is 7. The third-order valence-electron chi connectivity index (χ3n) is 4.31. The van der Waals surface area contributed by atoms with E-state index in [-0.39, 0.29) is 17.6 Å². The Hall–Kier alpha value is -2.54. The first-order valence-corrected chi connectivity index (χ1v) is 9.49. The van der Waals surface area contributed by atoms with Crippen molar-refractivity contribution in [2.24, 2.45) is 0 Å². The van der Waals surface area contributed by atoms with Gasteiger partial charge in [-0.1, -0.05) is 18.2 Å². The Morgan fingerprint density at radius 3 is 2.92 bits per heavy atom. The lowest BCUT2D eigenvalue weighted by atomic mass is 10.1. The maximum atomic E-state index is 12.2. The van der Waals surface area contributed by atoms with Gasteiger partial charge in [0.25, 0.3) is 5.91 Å². The summed E-state index contributed by atoms with van der Waals surface area (Å²) >= 11 is 1.30. The van der Waals surface area contributed by atoms with Crippen molar-refractivity contribution in [1.29, 1.82) is 0 Å². The highest BCUT2D eigenvalue weighted by Gasteiger charge is 2.19. The van der Waals surface area contributed by atoms with Crippen LogP contribution in [0.5, 0.6) is 0 Å². The molecule has 1 aliphatic rings. The van der Waals surface area contributed by atoms with Crippen molar-refractivity contribution in [3.05, 3.63) is 40.9 Å². The van der Waals surface area contributed by atoms with Crippen LogP contribution in [-0.4, -0.2) is 47.1 Å². The molecule has 2 aromatic rings. The zero-order valence-electron chi connectivity index (χ0n) is 14.7. The van der Waals surface area contributed by atoms with Crippen molar-refractivity contribution >= 4 is 28.9 Å². The number of nitrogens with one attached hydrogen (secondary N) is 1. The lowest BCUT2D eigenvalue weighted by molar-refractivity contribution is -0.127. The summed E-state index contributed by atoms with van der Waals surface area (Å²) in [7, 11) is 0. The standard InChI is InChI=1S/C19H21N3O3S/c1-13(23)14-5-2-6-15(11-14)19-21-12-16(26-19)18(25)20-8-4-10-22-9-3-7-17(22)24/h2,5-6,11-12H,3-4,7-10H2,1H3,(H,20,25). The van der Waals surface area contributed by atoms with Gasteiger partial charge in [0.15, 0.2) is 5.78 Å². The Morgan fingerprint density at radius 1 is 1.35 bits per heavy atom. The third kappa shape index (κ3) is 4.35. The highest BCUT2D eigenvalue weighted by atomic mass is 32.1. The summed E-state index contributed by atoms with van der Waals surface area (Å²) in [5.41, 5.74) is 1.45. The third-order valence-corrected chi connectivity index (χ3v) is 5.35. The lowest BCUT2D eigenvalue weighted by Crippen LogP contribution is -2.30. The number of Topliss-reactive ketones (excluding diaryl/α,β-unsaturated/α-hetero) is 1. The zero-order chi connectivity index (χ0) is 18.5. The zero-order valence-corrected chi connectivity index (χ0v) is 15.5. The quantitative estimate of drug-likeness (QED) is 0.599. The lowest BCUT2D eigenvalue weighted by Gasteiger charge is -2.15. The van der Waals surface area contributed by atoms with E-state index in [0.717, 1.165) is 24.9 Å². The number of benzene rings is 1. The first-order chi connectivity index (χ1) is 12.5. The average molecular weight is 371 g/mol. The molecule has 0 saturated carbocycles. The molecule has 0 aliphatic carbocycles. The van der Waals surface area contributed by atoms with Gasteiger partial charge >= 0.3 is 0 Å². The van der Waals surface area contributed by atoms with Crippen molar-refractivity contribution < 1.29 is 14.4 Å². The fourth-order valence-electron chi connectivity index (χ4n) is 2.88. The van der Waals surface area contributed by atoms with E-state index in [1.807, 2.05) is 17.0 Å². The molecular formula is C19H21N3O3S. The summed E-state index contributed by atoms with van der Waals surface area (Å²) in [6.07, 6.45) is 3.87. The van der Waals surface area contributed by atoms with E-state index in [9.17, 15) is 14.4 Å². The van der Waals surface area contributed by atoms with E-state index in [4.69, 9.17) is 0 Å². The molecule has 1 aromatic heterocycles. The van der Waals surface area contributed by atoms with E-state index in [2.05, 4.69) is 10.3 Å². The molecule has 6 nitrogen and oxygen atoms in total. The minimum absolute atomic E-state index is 0.00198. The molecule has 0 radical (unpaired) electrons. The number of carbonyl (C=O) groups is 3. The van der Waals surface area contributed by atoms with E-state index in [1.165, 1.54) is 18.3 Å². The SMILES string of the molecule is CC(=O)c1cccc(-c2ncc(C(=O)NCCCN3CCCC3=O)s2)c1. The largest absolute Gasteiger partial charge is 0.351 e. The molecule has 7 heteroatoms. The number of thiazole rings is 1. The van der Waals surface area contributed by atoms with E-state index < -0.39 is 0 Å². The Morgan fingerprint density at radius 2 is 2.19 bits per heavy atom. The number of likely N-dealkylation sites (tertiary alicyclic amines) is 1. The molecule has 0 bridgehead atoms. The molecule has 0 unspecified atom stereocenters. The van der Waals surface area contributed by atoms with Crippen LogP contribution in [0.15, 0.2) is 30.5 Å². The van der Waals surface area contributed by atoms with Crippen LogP contribution in [0, 0.1) is 0 Å². The first kappa shape index (κ1) is 18.3. The molecule has 2 amide bonds. The van der Waals surface area contributed by atoms with Crippen molar-refractivity contribution in [2.45, 2.75) is 26.2 Å². The van der Waals surface area contributed by atoms with Gasteiger partial charge in [-0.15, -0.1) is 11.3 Å². The summed E-state index contributed by atoms with van der Waals surface area (Å²) in [6.45, 7) is 3.56. The van der Waals surface area contributed by atoms with E-state index in [1.54, 1.807) is 18.3 Å². The molecule has 1 aliphatic heterocycles. The highest BCUT2D eigenvalue weighted by Crippen LogP contribution is 2.26. The van der Waals surface area contributed by atoms with Crippen LogP contribution in [-0.2, 0) is 4.79 Å². The number of aromatic nitrogens is 1. The fraction of sp³-hybridized carbons (Fsp3) is 0.368. The molecule has 1 N–H and O–H groups in total. The number of hydrogen-bond donors (Lipinski definition) is 1. The molecular weight excluding hydrogens is 350 g/mol. The summed E-state index contributed by atoms with van der Waals surface area (Å²) in [5, 5.41) is 3.58. The number of hydrogen-bond acceptors (Lipinski definition) is 5. The normalized spacial score (nSPS) is 13.9. The van der Waals surface area contributed by atoms with Crippen LogP contribution >= 0.6 is 11.3 Å². The van der Waals surface area contributed by atoms with Gasteiger partial charge in [0.2, 0.25) is 5.91 Å². The minimum atomic E-state index is -0.163. The summed E-state index contributed by atoms with van der Waals surface area (Å²) in [6, 6.07) is 7.24. The van der Waals surface area contributed by atoms with Gasteiger partial charge in [0.1, 0.15) is 9.88 Å². The predicted octanol–water partition coefficient (Wildman–Crippen LogP) is 2.76. The van der Waals surface area contributed by atoms with Crippen LogP contribution in [0.4, 0.5) is 0 Å². The predicted molar refractivity (Wildman–Crippen MR) is 100 cm³/mol. The van der Waals surface area contributed by atoms with Gasteiger partial charge in [-0.2, -0.15) is 0 Å². The van der Waals surface area contributed by atoms with E-state index >= 15 is 0 Å². The summed E-state index contributed by atoms with van der Waals surface area (Å²) < 4.78 is 0. The molecule has 26 heavy (non-hydrogen) atoms. The van der Waals surface area contributed by atoms with Crippen LogP contribution < -0.4 is 5.32 Å². The molecule has 1 aromatic carbocycles. The van der Waals surface area contributed by atoms with Crippen molar-refractivity contribution in [2.75, 3.05) is 19.6 Å². The molecule has 1 saturated heterocycles. The van der Waals surface area contributed by atoms with Crippen LogP contribution in [0.25, 0.3) is 10.6 Å². The van der Waals surface area contributed by atoms with Crippen molar-refractivity contribution in [1.82, 2.24) is 15.2 Å². The van der Waals surface area contributed by atoms with Gasteiger partial charge in [-0.25, -0.2) is 4.98 Å². The fourth-order valence-corrected chi connectivity index (χ4v) is 3.71. The maximum absolute atomic E-state index is 12.2. The van der Waals surface area contributed by atoms with Gasteiger partial charge in [0.05, 0.1) is 6.20 Å². The molecule has 136 valence electrons. The number of carbonyl (C=O) groups excluding carboxylic acids is 3. The molecule has 1 fully saturated rings. The Bertz CT molecular complexity index is 831. The Labute approximate surface area is 156 Å². The topological polar surface area (TPSA) is 79.4 Å². The second kappa shape index (κ2) is 8.23. The van der Waals surface area contributed by atoms with Gasteiger partial charge in [0, 0.05) is 37.2 Å². The molecule has 0 atom stereocenters. The molecule has 2 heterocycles. The van der Waals surface area contributed by atoms with Crippen molar-refractivity contribution in [3.8, 4) is 10.6 Å². The van der Waals surface area contributed by atoms with Crippen LogP contribution in [0.3, 0.4) is 0 Å². The summed E-state index contributed by atoms with van der Waals surface area (Å²) in [5.74, 6) is 0.0401. The number of ketones is 1. The smallest absolute Gasteiger partial charge is 0.263 e. The number of nitrogens with zero attached hydrogens (tertiary/aromatic N) is 2. The van der Waals surface area contributed by atoms with Crippen LogP contribution in [0.1, 0.15) is 46.2 Å². The number of amides is 2. The Kier molecular flexibility index (Phi) is 5.78. The first-order valence-electron chi connectivity index (χ1n) is 8.68. The maximum Gasteiger partial charge on any atom is 0.263 e. The minimum Gasteiger partial charge on any atom is -0.351 e. The molecule has 0 spiro atoms. The second-order valence-electron chi connectivity index (χ2n) is 6.26. The van der Waals surface area contributed by atoms with Gasteiger partial charge in [-0.05, 0) is 25.8 Å². The summed E-state index contributed by atoms with van der Waals surface area (Å²) in [4.78, 5) is 42.0. The van der Waals surface area contributed by atoms with Crippen LogP contribution in [0.2, 0.25) is 0 Å². The van der Waals surface area contributed by atoms with Gasteiger partial charge < -0.3 is 10.2 Å².